The summed E-state index contributed by atoms with van der Waals surface area (Å²) in [4.78, 5) is 3.91. The van der Waals surface area contributed by atoms with E-state index < -0.39 is 17.7 Å². The van der Waals surface area contributed by atoms with Gasteiger partial charge >= 0.3 is 0 Å². The summed E-state index contributed by atoms with van der Waals surface area (Å²) in [7, 11) is 0. The molecule has 0 bridgehead atoms. The molecular formula is C14H14F2N2. The molecule has 1 aromatic carbocycles. The predicted octanol–water partition coefficient (Wildman–Crippen LogP) is 3.16. The Morgan fingerprint density at radius 2 is 1.61 bits per heavy atom. The predicted molar refractivity (Wildman–Crippen MR) is 65.9 cm³/mol. The van der Waals surface area contributed by atoms with Crippen LogP contribution in [0.15, 0.2) is 42.7 Å². The third-order valence-electron chi connectivity index (χ3n) is 3.10. The van der Waals surface area contributed by atoms with E-state index in [2.05, 4.69) is 4.98 Å². The Labute approximate surface area is 104 Å². The van der Waals surface area contributed by atoms with Crippen molar-refractivity contribution in [2.24, 2.45) is 5.73 Å². The van der Waals surface area contributed by atoms with Gasteiger partial charge in [0.2, 0.25) is 0 Å². The van der Waals surface area contributed by atoms with E-state index in [1.165, 1.54) is 18.2 Å². The second-order valence-corrected chi connectivity index (χ2v) is 4.23. The van der Waals surface area contributed by atoms with Crippen molar-refractivity contribution in [2.45, 2.75) is 18.9 Å². The Morgan fingerprint density at radius 1 is 1.06 bits per heavy atom. The molecule has 4 heteroatoms. The van der Waals surface area contributed by atoms with Gasteiger partial charge in [-0.15, -0.1) is 0 Å². The molecule has 0 aliphatic heterocycles. The zero-order valence-electron chi connectivity index (χ0n) is 9.98. The van der Waals surface area contributed by atoms with E-state index in [0.717, 1.165) is 5.56 Å². The minimum absolute atomic E-state index is 0.0678. The number of hydrogen-bond acceptors (Lipinski definition) is 2. The summed E-state index contributed by atoms with van der Waals surface area (Å²) < 4.78 is 27.3. The van der Waals surface area contributed by atoms with Crippen LogP contribution in [-0.2, 0) is 0 Å². The van der Waals surface area contributed by atoms with Gasteiger partial charge in [0.15, 0.2) is 0 Å². The smallest absolute Gasteiger partial charge is 0.130 e. The summed E-state index contributed by atoms with van der Waals surface area (Å²) in [6.07, 6.45) is 3.27. The van der Waals surface area contributed by atoms with Crippen molar-refractivity contribution >= 4 is 0 Å². The van der Waals surface area contributed by atoms with Crippen molar-refractivity contribution in [3.05, 3.63) is 65.5 Å². The van der Waals surface area contributed by atoms with Gasteiger partial charge in [-0.25, -0.2) is 8.78 Å². The summed E-state index contributed by atoms with van der Waals surface area (Å²) in [6, 6.07) is 6.63. The molecule has 94 valence electrons. The van der Waals surface area contributed by atoms with Crippen LogP contribution >= 0.6 is 0 Å². The number of nitrogens with two attached hydrogens (primary N) is 1. The molecule has 2 nitrogen and oxygen atoms in total. The average Bonchev–Trinajstić information content (AvgIpc) is 2.38. The number of aromatic nitrogens is 1. The highest BCUT2D eigenvalue weighted by molar-refractivity contribution is 5.28. The molecule has 1 aromatic heterocycles. The molecule has 0 saturated carbocycles. The monoisotopic (exact) mass is 248 g/mol. The lowest BCUT2D eigenvalue weighted by Crippen LogP contribution is -2.20. The maximum absolute atomic E-state index is 13.6. The largest absolute Gasteiger partial charge is 0.323 e. The molecule has 2 aromatic rings. The first-order valence-electron chi connectivity index (χ1n) is 5.70. The Hall–Kier alpha value is -1.81. The molecule has 0 amide bonds. The number of nitrogens with zero attached hydrogens (tertiary/aromatic N) is 1. The molecule has 0 radical (unpaired) electrons. The molecule has 0 fully saturated rings. The van der Waals surface area contributed by atoms with Gasteiger partial charge in [0.25, 0.3) is 0 Å². The highest BCUT2D eigenvalue weighted by Gasteiger charge is 2.22. The van der Waals surface area contributed by atoms with Gasteiger partial charge in [0.1, 0.15) is 11.6 Å². The molecular weight excluding hydrogens is 234 g/mol. The Bertz CT molecular complexity index is 508. The third kappa shape index (κ3) is 2.38. The van der Waals surface area contributed by atoms with Crippen LogP contribution in [0.2, 0.25) is 0 Å². The summed E-state index contributed by atoms with van der Waals surface area (Å²) in [5.41, 5.74) is 6.81. The molecule has 1 heterocycles. The summed E-state index contributed by atoms with van der Waals surface area (Å²) in [5.74, 6) is -1.41. The first-order chi connectivity index (χ1) is 8.61. The van der Waals surface area contributed by atoms with Crippen molar-refractivity contribution in [1.29, 1.82) is 0 Å². The highest BCUT2D eigenvalue weighted by Crippen LogP contribution is 2.31. The van der Waals surface area contributed by atoms with Crippen LogP contribution in [-0.4, -0.2) is 4.98 Å². The van der Waals surface area contributed by atoms with Crippen LogP contribution in [0.4, 0.5) is 8.78 Å². The SMILES string of the molecule is CC(c1ccncc1)C(N)c1c(F)cccc1F. The Morgan fingerprint density at radius 3 is 2.17 bits per heavy atom. The molecule has 18 heavy (non-hydrogen) atoms. The summed E-state index contributed by atoms with van der Waals surface area (Å²) in [6.45, 7) is 1.84. The van der Waals surface area contributed by atoms with Gasteiger partial charge in [0.05, 0.1) is 0 Å². The number of halogens is 2. The molecule has 2 atom stereocenters. The molecule has 0 saturated heterocycles. The molecule has 2 N–H and O–H groups in total. The molecule has 2 unspecified atom stereocenters. The molecule has 0 aliphatic rings. The van der Waals surface area contributed by atoms with Crippen LogP contribution in [0.3, 0.4) is 0 Å². The lowest BCUT2D eigenvalue weighted by Gasteiger charge is -2.21. The van der Waals surface area contributed by atoms with E-state index in [-0.39, 0.29) is 11.5 Å². The molecule has 2 rings (SSSR count). The van der Waals surface area contributed by atoms with Gasteiger partial charge in [0, 0.05) is 29.9 Å². The van der Waals surface area contributed by atoms with Gasteiger partial charge < -0.3 is 5.73 Å². The lowest BCUT2D eigenvalue weighted by molar-refractivity contribution is 0.494. The van der Waals surface area contributed by atoms with E-state index in [1.807, 2.05) is 6.92 Å². The maximum atomic E-state index is 13.6. The van der Waals surface area contributed by atoms with Crippen molar-refractivity contribution in [2.75, 3.05) is 0 Å². The normalized spacial score (nSPS) is 14.2. The van der Waals surface area contributed by atoms with Crippen LogP contribution in [0.1, 0.15) is 30.0 Å². The lowest BCUT2D eigenvalue weighted by atomic mass is 9.89. The van der Waals surface area contributed by atoms with Crippen molar-refractivity contribution in [1.82, 2.24) is 4.98 Å². The van der Waals surface area contributed by atoms with Gasteiger partial charge in [-0.1, -0.05) is 13.0 Å². The fraction of sp³-hybridized carbons (Fsp3) is 0.214. The summed E-state index contributed by atoms with van der Waals surface area (Å²) in [5, 5.41) is 0. The number of rotatable bonds is 3. The zero-order valence-corrected chi connectivity index (χ0v) is 9.98. The van der Waals surface area contributed by atoms with Gasteiger partial charge in [-0.3, -0.25) is 4.98 Å². The van der Waals surface area contributed by atoms with E-state index in [1.54, 1.807) is 24.5 Å². The Kier molecular flexibility index (Phi) is 3.67. The van der Waals surface area contributed by atoms with E-state index in [0.29, 0.717) is 0 Å². The number of pyridine rings is 1. The minimum atomic E-state index is -0.728. The van der Waals surface area contributed by atoms with E-state index in [4.69, 9.17) is 5.73 Å². The first-order valence-corrected chi connectivity index (χ1v) is 5.70. The average molecular weight is 248 g/mol. The van der Waals surface area contributed by atoms with Crippen LogP contribution in [0, 0.1) is 11.6 Å². The van der Waals surface area contributed by atoms with Crippen LogP contribution in [0.25, 0.3) is 0 Å². The zero-order chi connectivity index (χ0) is 13.1. The van der Waals surface area contributed by atoms with Crippen molar-refractivity contribution < 1.29 is 8.78 Å². The fourth-order valence-electron chi connectivity index (χ4n) is 1.95. The second-order valence-electron chi connectivity index (χ2n) is 4.23. The third-order valence-corrected chi connectivity index (χ3v) is 3.10. The maximum Gasteiger partial charge on any atom is 0.130 e. The standard InChI is InChI=1S/C14H14F2N2/c1-9(10-5-7-18-8-6-10)14(17)13-11(15)3-2-4-12(13)16/h2-9,14H,17H2,1H3. The number of benzene rings is 1. The topological polar surface area (TPSA) is 38.9 Å². The molecule has 0 aliphatic carbocycles. The van der Waals surface area contributed by atoms with E-state index >= 15 is 0 Å². The Balaban J connectivity index is 2.34. The molecule has 0 spiro atoms. The highest BCUT2D eigenvalue weighted by atomic mass is 19.1. The number of hydrogen-bond donors (Lipinski definition) is 1. The second kappa shape index (κ2) is 5.23. The van der Waals surface area contributed by atoms with E-state index in [9.17, 15) is 8.78 Å². The first kappa shape index (κ1) is 12.6. The summed E-state index contributed by atoms with van der Waals surface area (Å²) >= 11 is 0. The van der Waals surface area contributed by atoms with Crippen LogP contribution in [0.5, 0.6) is 0 Å². The quantitative estimate of drug-likeness (QED) is 0.906. The van der Waals surface area contributed by atoms with Crippen LogP contribution < -0.4 is 5.73 Å². The van der Waals surface area contributed by atoms with Gasteiger partial charge in [-0.05, 0) is 29.8 Å². The van der Waals surface area contributed by atoms with Gasteiger partial charge in [-0.2, -0.15) is 0 Å². The fourth-order valence-corrected chi connectivity index (χ4v) is 1.95. The minimum Gasteiger partial charge on any atom is -0.323 e. The van der Waals surface area contributed by atoms with Crippen molar-refractivity contribution in [3.8, 4) is 0 Å². The van der Waals surface area contributed by atoms with Crippen molar-refractivity contribution in [3.63, 3.8) is 0 Å².